The summed E-state index contributed by atoms with van der Waals surface area (Å²) >= 11 is 0. The molecule has 6 heteroatoms. The summed E-state index contributed by atoms with van der Waals surface area (Å²) in [6.45, 7) is 2.20. The van der Waals surface area contributed by atoms with Crippen LogP contribution in [0.1, 0.15) is 19.2 Å². The quantitative estimate of drug-likeness (QED) is 0.567. The van der Waals surface area contributed by atoms with Crippen molar-refractivity contribution < 1.29 is 4.79 Å². The van der Waals surface area contributed by atoms with E-state index in [9.17, 15) is 4.79 Å². The monoisotopic (exact) mass is 183 g/mol. The van der Waals surface area contributed by atoms with Crippen LogP contribution in [0.15, 0.2) is 6.33 Å². The molecular weight excluding hydrogens is 170 g/mol. The minimum absolute atomic E-state index is 0.168. The van der Waals surface area contributed by atoms with Gasteiger partial charge in [-0.2, -0.15) is 5.10 Å². The number of aromatic amines is 1. The lowest BCUT2D eigenvalue weighted by atomic mass is 10.2. The Hall–Kier alpha value is -1.43. The first-order valence-electron chi connectivity index (χ1n) is 4.11. The summed E-state index contributed by atoms with van der Waals surface area (Å²) in [7, 11) is 0. The van der Waals surface area contributed by atoms with E-state index in [4.69, 9.17) is 5.73 Å². The maximum absolute atomic E-state index is 11.2. The fourth-order valence-electron chi connectivity index (χ4n) is 0.803. The lowest BCUT2D eigenvalue weighted by Crippen LogP contribution is -2.39. The van der Waals surface area contributed by atoms with E-state index in [2.05, 4.69) is 20.5 Å². The highest BCUT2D eigenvalue weighted by Gasteiger charge is 2.10. The molecule has 0 aliphatic heterocycles. The van der Waals surface area contributed by atoms with Gasteiger partial charge in [0.15, 0.2) is 0 Å². The number of carbonyl (C=O) groups is 1. The predicted molar refractivity (Wildman–Crippen MR) is 46.5 cm³/mol. The fraction of sp³-hybridized carbons (Fsp3) is 0.571. The number of H-pyrrole nitrogens is 1. The Kier molecular flexibility index (Phi) is 3.39. The molecule has 13 heavy (non-hydrogen) atoms. The number of hydrogen-bond donors (Lipinski definition) is 3. The van der Waals surface area contributed by atoms with E-state index >= 15 is 0 Å². The first kappa shape index (κ1) is 9.66. The minimum Gasteiger partial charge on any atom is -0.347 e. The zero-order chi connectivity index (χ0) is 9.68. The number of nitrogens with one attached hydrogen (secondary N) is 2. The van der Waals surface area contributed by atoms with Gasteiger partial charge in [0.2, 0.25) is 5.91 Å². The van der Waals surface area contributed by atoms with E-state index in [1.165, 1.54) is 6.33 Å². The second-order valence-electron chi connectivity index (χ2n) is 2.66. The van der Waals surface area contributed by atoms with E-state index in [0.29, 0.717) is 18.8 Å². The van der Waals surface area contributed by atoms with E-state index in [1.54, 1.807) is 0 Å². The van der Waals surface area contributed by atoms with Gasteiger partial charge in [-0.25, -0.2) is 4.98 Å². The lowest BCUT2D eigenvalue weighted by molar-refractivity contribution is -0.122. The van der Waals surface area contributed by atoms with Crippen LogP contribution in [0.5, 0.6) is 0 Å². The first-order valence-corrected chi connectivity index (χ1v) is 4.11. The molecule has 1 aromatic rings. The Bertz CT molecular complexity index is 258. The van der Waals surface area contributed by atoms with Crippen molar-refractivity contribution in [3.63, 3.8) is 0 Å². The standard InChI is InChI=1S/C7H13N5O/c1-2-5(8)7(13)9-3-6-10-4-11-12-6/h4-5H,2-3,8H2,1H3,(H,9,13)(H,10,11,12)/t5-/m0/s1. The maximum atomic E-state index is 11.2. The Labute approximate surface area is 75.9 Å². The first-order chi connectivity index (χ1) is 6.24. The summed E-state index contributed by atoms with van der Waals surface area (Å²) < 4.78 is 0. The van der Waals surface area contributed by atoms with Crippen molar-refractivity contribution in [1.82, 2.24) is 20.5 Å². The van der Waals surface area contributed by atoms with Crippen molar-refractivity contribution in [3.05, 3.63) is 12.2 Å². The Balaban J connectivity index is 2.31. The van der Waals surface area contributed by atoms with E-state index in [-0.39, 0.29) is 5.91 Å². The van der Waals surface area contributed by atoms with Crippen LogP contribution >= 0.6 is 0 Å². The van der Waals surface area contributed by atoms with Crippen molar-refractivity contribution >= 4 is 5.91 Å². The molecule has 0 saturated carbocycles. The Morgan fingerprint density at radius 1 is 1.85 bits per heavy atom. The van der Waals surface area contributed by atoms with Gasteiger partial charge in [-0.05, 0) is 6.42 Å². The largest absolute Gasteiger partial charge is 0.347 e. The number of nitrogens with zero attached hydrogens (tertiary/aromatic N) is 2. The van der Waals surface area contributed by atoms with Crippen LogP contribution in [0.3, 0.4) is 0 Å². The zero-order valence-electron chi connectivity index (χ0n) is 7.45. The molecule has 1 amide bonds. The van der Waals surface area contributed by atoms with E-state index < -0.39 is 6.04 Å². The SMILES string of the molecule is CC[C@H](N)C(=O)NCc1ncn[nH]1. The van der Waals surface area contributed by atoms with Crippen LogP contribution < -0.4 is 11.1 Å². The van der Waals surface area contributed by atoms with E-state index in [0.717, 1.165) is 0 Å². The van der Waals surface area contributed by atoms with Gasteiger partial charge < -0.3 is 11.1 Å². The number of rotatable bonds is 4. The van der Waals surface area contributed by atoms with Crippen molar-refractivity contribution in [3.8, 4) is 0 Å². The van der Waals surface area contributed by atoms with E-state index in [1.807, 2.05) is 6.92 Å². The molecule has 0 aliphatic rings. The molecule has 0 fully saturated rings. The summed E-state index contributed by atoms with van der Waals surface area (Å²) in [6, 6.07) is -0.442. The Morgan fingerprint density at radius 3 is 3.15 bits per heavy atom. The Morgan fingerprint density at radius 2 is 2.62 bits per heavy atom. The minimum atomic E-state index is -0.442. The van der Waals surface area contributed by atoms with Gasteiger partial charge in [0, 0.05) is 0 Å². The molecule has 0 radical (unpaired) electrons. The molecule has 0 spiro atoms. The molecule has 0 saturated heterocycles. The third kappa shape index (κ3) is 2.83. The average molecular weight is 183 g/mol. The summed E-state index contributed by atoms with van der Waals surface area (Å²) in [5, 5.41) is 8.92. The topological polar surface area (TPSA) is 96.7 Å². The smallest absolute Gasteiger partial charge is 0.237 e. The molecule has 0 aliphatic carbocycles. The van der Waals surface area contributed by atoms with Gasteiger partial charge in [-0.3, -0.25) is 9.89 Å². The second kappa shape index (κ2) is 4.56. The normalized spacial score (nSPS) is 12.5. The van der Waals surface area contributed by atoms with Crippen LogP contribution in [0.25, 0.3) is 0 Å². The fourth-order valence-corrected chi connectivity index (χ4v) is 0.803. The van der Waals surface area contributed by atoms with Gasteiger partial charge in [0.05, 0.1) is 12.6 Å². The van der Waals surface area contributed by atoms with Gasteiger partial charge in [-0.15, -0.1) is 0 Å². The summed E-state index contributed by atoms with van der Waals surface area (Å²) in [4.78, 5) is 15.0. The second-order valence-corrected chi connectivity index (χ2v) is 2.66. The summed E-state index contributed by atoms with van der Waals surface area (Å²) in [5.74, 6) is 0.454. The van der Waals surface area contributed by atoms with Crippen LogP contribution in [0, 0.1) is 0 Å². The van der Waals surface area contributed by atoms with Crippen LogP contribution in [0.4, 0.5) is 0 Å². The third-order valence-electron chi connectivity index (χ3n) is 1.67. The molecule has 72 valence electrons. The molecule has 1 atom stereocenters. The van der Waals surface area contributed by atoms with Gasteiger partial charge in [0.25, 0.3) is 0 Å². The van der Waals surface area contributed by atoms with Crippen LogP contribution in [-0.2, 0) is 11.3 Å². The predicted octanol–water partition coefficient (Wildman–Crippen LogP) is -0.842. The van der Waals surface area contributed by atoms with Gasteiger partial charge >= 0.3 is 0 Å². The molecule has 0 bridgehead atoms. The molecule has 1 heterocycles. The number of carbonyl (C=O) groups excluding carboxylic acids is 1. The molecule has 4 N–H and O–H groups in total. The highest BCUT2D eigenvalue weighted by atomic mass is 16.2. The van der Waals surface area contributed by atoms with Crippen molar-refractivity contribution in [2.75, 3.05) is 0 Å². The maximum Gasteiger partial charge on any atom is 0.237 e. The molecule has 1 rings (SSSR count). The molecule has 0 unspecified atom stereocenters. The lowest BCUT2D eigenvalue weighted by Gasteiger charge is -2.07. The van der Waals surface area contributed by atoms with Crippen molar-refractivity contribution in [2.45, 2.75) is 25.9 Å². The number of hydrogen-bond acceptors (Lipinski definition) is 4. The number of aromatic nitrogens is 3. The van der Waals surface area contributed by atoms with Crippen LogP contribution in [0.2, 0.25) is 0 Å². The molecular formula is C7H13N5O. The van der Waals surface area contributed by atoms with Gasteiger partial charge in [0.1, 0.15) is 12.2 Å². The molecule has 6 nitrogen and oxygen atoms in total. The van der Waals surface area contributed by atoms with Gasteiger partial charge in [-0.1, -0.05) is 6.92 Å². The highest BCUT2D eigenvalue weighted by molar-refractivity contribution is 5.81. The third-order valence-corrected chi connectivity index (χ3v) is 1.67. The number of nitrogens with two attached hydrogens (primary N) is 1. The highest BCUT2D eigenvalue weighted by Crippen LogP contribution is 1.88. The number of amides is 1. The molecule has 0 aromatic carbocycles. The molecule has 1 aromatic heterocycles. The van der Waals surface area contributed by atoms with Crippen molar-refractivity contribution in [1.29, 1.82) is 0 Å². The summed E-state index contributed by atoms with van der Waals surface area (Å²) in [6.07, 6.45) is 2.02. The summed E-state index contributed by atoms with van der Waals surface area (Å²) in [5.41, 5.74) is 5.50. The zero-order valence-corrected chi connectivity index (χ0v) is 7.45. The van der Waals surface area contributed by atoms with Crippen LogP contribution in [-0.4, -0.2) is 27.1 Å². The average Bonchev–Trinajstić information content (AvgIpc) is 2.65. The van der Waals surface area contributed by atoms with Crippen molar-refractivity contribution in [2.24, 2.45) is 5.73 Å².